The van der Waals surface area contributed by atoms with Gasteiger partial charge in [0.15, 0.2) is 9.84 Å². The van der Waals surface area contributed by atoms with Crippen LogP contribution in [0.25, 0.3) is 0 Å². The number of benzene rings is 1. The van der Waals surface area contributed by atoms with E-state index < -0.39 is 20.6 Å². The number of hydrogen-bond donors (Lipinski definition) is 1. The third-order valence-electron chi connectivity index (χ3n) is 2.84. The molecule has 0 aliphatic carbocycles. The maximum Gasteiger partial charge on any atom is 0.157 e. The number of rotatable bonds is 3. The minimum atomic E-state index is -3.18. The van der Waals surface area contributed by atoms with E-state index in [0.717, 1.165) is 11.1 Å². The van der Waals surface area contributed by atoms with Gasteiger partial charge < -0.3 is 5.73 Å². The molecule has 3 nitrogen and oxygen atoms in total. The van der Waals surface area contributed by atoms with Gasteiger partial charge in [-0.25, -0.2) is 8.42 Å². The lowest BCUT2D eigenvalue weighted by atomic mass is 10.1. The molecule has 1 rings (SSSR count). The Balaban J connectivity index is 2.87. The summed E-state index contributed by atoms with van der Waals surface area (Å²) in [5.74, 6) is -0.0143. The van der Waals surface area contributed by atoms with Gasteiger partial charge in [-0.15, -0.1) is 0 Å². The van der Waals surface area contributed by atoms with Crippen LogP contribution in [0.15, 0.2) is 24.3 Å². The molecule has 0 radical (unpaired) electrons. The molecule has 0 saturated heterocycles. The summed E-state index contributed by atoms with van der Waals surface area (Å²) in [6, 6.07) is 7.20. The van der Waals surface area contributed by atoms with Crippen LogP contribution in [0.3, 0.4) is 0 Å². The van der Waals surface area contributed by atoms with Crippen molar-refractivity contribution < 1.29 is 8.42 Å². The van der Waals surface area contributed by atoms with E-state index in [1.165, 1.54) is 0 Å². The fourth-order valence-corrected chi connectivity index (χ4v) is 2.56. The van der Waals surface area contributed by atoms with Crippen LogP contribution >= 0.6 is 0 Å². The van der Waals surface area contributed by atoms with Crippen molar-refractivity contribution in [1.29, 1.82) is 0 Å². The molecule has 0 aliphatic rings. The molecule has 0 fully saturated rings. The fraction of sp³-hybridized carbons (Fsp3) is 0.538. The van der Waals surface area contributed by atoms with Crippen LogP contribution in [0.2, 0.25) is 0 Å². The van der Waals surface area contributed by atoms with Crippen molar-refractivity contribution in [2.45, 2.75) is 38.5 Å². The normalized spacial score (nSPS) is 14.6. The first-order valence-electron chi connectivity index (χ1n) is 5.68. The summed E-state index contributed by atoms with van der Waals surface area (Å²) in [4.78, 5) is 0. The van der Waals surface area contributed by atoms with Gasteiger partial charge in [-0.05, 0) is 33.3 Å². The maximum atomic E-state index is 12.0. The first-order chi connectivity index (χ1) is 7.63. The summed E-state index contributed by atoms with van der Waals surface area (Å²) < 4.78 is 23.3. The van der Waals surface area contributed by atoms with Crippen LogP contribution < -0.4 is 5.73 Å². The van der Waals surface area contributed by atoms with E-state index in [9.17, 15) is 8.42 Å². The molecular formula is C13H21NO2S. The Bertz CT molecular complexity index is 469. The Morgan fingerprint density at radius 1 is 1.18 bits per heavy atom. The smallest absolute Gasteiger partial charge is 0.157 e. The van der Waals surface area contributed by atoms with E-state index in [2.05, 4.69) is 0 Å². The molecule has 4 heteroatoms. The van der Waals surface area contributed by atoms with Crippen molar-refractivity contribution in [1.82, 2.24) is 0 Å². The molecule has 17 heavy (non-hydrogen) atoms. The van der Waals surface area contributed by atoms with Gasteiger partial charge in [-0.3, -0.25) is 0 Å². The molecule has 0 aromatic heterocycles. The topological polar surface area (TPSA) is 60.2 Å². The molecule has 1 aromatic carbocycles. The van der Waals surface area contributed by atoms with Crippen molar-refractivity contribution in [2.24, 2.45) is 5.73 Å². The number of aryl methyl sites for hydroxylation is 1. The van der Waals surface area contributed by atoms with Crippen LogP contribution in [0.1, 0.15) is 37.9 Å². The first-order valence-corrected chi connectivity index (χ1v) is 7.33. The van der Waals surface area contributed by atoms with Crippen molar-refractivity contribution in [3.63, 3.8) is 0 Å². The molecule has 0 aliphatic heterocycles. The van der Waals surface area contributed by atoms with Crippen molar-refractivity contribution >= 4 is 9.84 Å². The lowest BCUT2D eigenvalue weighted by molar-refractivity contribution is 0.553. The Morgan fingerprint density at radius 2 is 1.65 bits per heavy atom. The Labute approximate surface area is 104 Å². The predicted octanol–water partition coefficient (Wildman–Crippen LogP) is 2.21. The van der Waals surface area contributed by atoms with Gasteiger partial charge in [0, 0.05) is 6.04 Å². The highest BCUT2D eigenvalue weighted by atomic mass is 32.2. The molecule has 0 amide bonds. The summed E-state index contributed by atoms with van der Waals surface area (Å²) in [5.41, 5.74) is 7.95. The van der Waals surface area contributed by atoms with Crippen LogP contribution in [-0.4, -0.2) is 18.9 Å². The van der Waals surface area contributed by atoms with E-state index >= 15 is 0 Å². The highest BCUT2D eigenvalue weighted by Gasteiger charge is 2.30. The van der Waals surface area contributed by atoms with Crippen LogP contribution in [0, 0.1) is 6.92 Å². The first kappa shape index (κ1) is 14.2. The Morgan fingerprint density at radius 3 is 2.06 bits per heavy atom. The van der Waals surface area contributed by atoms with Gasteiger partial charge in [0.1, 0.15) is 0 Å². The standard InChI is InChI=1S/C13H21NO2S/c1-10-5-7-11(8-6-10)12(14)9-17(15,16)13(2,3)4/h5-8,12H,9,14H2,1-4H3. The minimum Gasteiger partial charge on any atom is -0.323 e. The second kappa shape index (κ2) is 4.78. The molecule has 0 heterocycles. The lowest BCUT2D eigenvalue weighted by Gasteiger charge is -2.22. The van der Waals surface area contributed by atoms with Gasteiger partial charge in [0.05, 0.1) is 10.5 Å². The van der Waals surface area contributed by atoms with E-state index in [0.29, 0.717) is 0 Å². The maximum absolute atomic E-state index is 12.0. The van der Waals surface area contributed by atoms with E-state index in [1.807, 2.05) is 31.2 Å². The van der Waals surface area contributed by atoms with Crippen LogP contribution in [-0.2, 0) is 9.84 Å². The number of hydrogen-bond acceptors (Lipinski definition) is 3. The largest absolute Gasteiger partial charge is 0.323 e. The minimum absolute atomic E-state index is 0.0143. The molecule has 0 spiro atoms. The summed E-state index contributed by atoms with van der Waals surface area (Å²) in [6.07, 6.45) is 0. The quantitative estimate of drug-likeness (QED) is 0.900. The Kier molecular flexibility index (Phi) is 3.99. The summed E-state index contributed by atoms with van der Waals surface area (Å²) in [7, 11) is -3.18. The third kappa shape index (κ3) is 3.54. The van der Waals surface area contributed by atoms with E-state index in [-0.39, 0.29) is 5.75 Å². The van der Waals surface area contributed by atoms with E-state index in [1.54, 1.807) is 20.8 Å². The lowest BCUT2D eigenvalue weighted by Crippen LogP contribution is -2.34. The monoisotopic (exact) mass is 255 g/mol. The van der Waals surface area contributed by atoms with Gasteiger partial charge in [-0.2, -0.15) is 0 Å². The van der Waals surface area contributed by atoms with Gasteiger partial charge in [0.2, 0.25) is 0 Å². The second-order valence-corrected chi connectivity index (χ2v) is 8.20. The van der Waals surface area contributed by atoms with Gasteiger partial charge in [-0.1, -0.05) is 29.8 Å². The molecule has 0 saturated carbocycles. The molecule has 1 unspecified atom stereocenters. The van der Waals surface area contributed by atoms with Crippen molar-refractivity contribution in [3.05, 3.63) is 35.4 Å². The second-order valence-electron chi connectivity index (χ2n) is 5.41. The highest BCUT2D eigenvalue weighted by Crippen LogP contribution is 2.21. The molecule has 1 aromatic rings. The van der Waals surface area contributed by atoms with Crippen molar-refractivity contribution in [2.75, 3.05) is 5.75 Å². The molecule has 0 bridgehead atoms. The Hall–Kier alpha value is -0.870. The number of nitrogens with two attached hydrogens (primary N) is 1. The summed E-state index contributed by atoms with van der Waals surface area (Å²) in [5, 5.41) is 0. The third-order valence-corrected chi connectivity index (χ3v) is 5.50. The fourth-order valence-electron chi connectivity index (χ4n) is 1.40. The average molecular weight is 255 g/mol. The average Bonchev–Trinajstić information content (AvgIpc) is 2.16. The highest BCUT2D eigenvalue weighted by molar-refractivity contribution is 7.92. The molecule has 2 N–H and O–H groups in total. The van der Waals surface area contributed by atoms with Gasteiger partial charge >= 0.3 is 0 Å². The number of sulfone groups is 1. The zero-order valence-electron chi connectivity index (χ0n) is 10.9. The SMILES string of the molecule is Cc1ccc(C(N)CS(=O)(=O)C(C)(C)C)cc1. The van der Waals surface area contributed by atoms with E-state index in [4.69, 9.17) is 5.73 Å². The zero-order valence-corrected chi connectivity index (χ0v) is 11.7. The molecular weight excluding hydrogens is 234 g/mol. The van der Waals surface area contributed by atoms with Crippen LogP contribution in [0.4, 0.5) is 0 Å². The zero-order chi connectivity index (χ0) is 13.3. The van der Waals surface area contributed by atoms with Crippen LogP contribution in [0.5, 0.6) is 0 Å². The predicted molar refractivity (Wildman–Crippen MR) is 71.6 cm³/mol. The van der Waals surface area contributed by atoms with Gasteiger partial charge in [0.25, 0.3) is 0 Å². The summed E-state index contributed by atoms with van der Waals surface area (Å²) >= 11 is 0. The molecule has 96 valence electrons. The molecule has 1 atom stereocenters. The summed E-state index contributed by atoms with van der Waals surface area (Å²) in [6.45, 7) is 7.08. The van der Waals surface area contributed by atoms with Crippen molar-refractivity contribution in [3.8, 4) is 0 Å².